The standard InChI is InChI=1S/C35H37N3O5/c1-38(19-18-32(37)39)34(41)29(16-17-31(36)35(42)43-23-25-12-6-3-7-13-25)33(40)30-22-27-15-9-8-14-26(27)21-28(30)20-24-10-4-2-5-11-24/h2-15,21-22,29,31H,16-20,23,36H2,1H3,(H2,37,39)/t29-,31?/m0/s1. The topological polar surface area (TPSA) is 133 Å². The van der Waals surface area contributed by atoms with Gasteiger partial charge in [0, 0.05) is 25.6 Å². The average molecular weight is 580 g/mol. The van der Waals surface area contributed by atoms with Gasteiger partial charge in [-0.05, 0) is 52.8 Å². The van der Waals surface area contributed by atoms with E-state index in [0.717, 1.165) is 27.5 Å². The molecule has 0 aromatic heterocycles. The number of benzene rings is 4. The Morgan fingerprint density at radius 3 is 2.00 bits per heavy atom. The molecule has 0 radical (unpaired) electrons. The largest absolute Gasteiger partial charge is 0.460 e. The van der Waals surface area contributed by atoms with Crippen molar-refractivity contribution < 1.29 is 23.9 Å². The molecule has 0 aliphatic rings. The lowest BCUT2D eigenvalue weighted by atomic mass is 9.85. The molecule has 1 unspecified atom stereocenters. The van der Waals surface area contributed by atoms with Crippen molar-refractivity contribution in [3.63, 3.8) is 0 Å². The van der Waals surface area contributed by atoms with E-state index >= 15 is 0 Å². The number of nitrogens with two attached hydrogens (primary N) is 2. The van der Waals surface area contributed by atoms with Gasteiger partial charge in [-0.3, -0.25) is 19.2 Å². The second-order valence-corrected chi connectivity index (χ2v) is 10.7. The van der Waals surface area contributed by atoms with Gasteiger partial charge >= 0.3 is 5.97 Å². The van der Waals surface area contributed by atoms with Crippen LogP contribution in [0.1, 0.15) is 46.3 Å². The first-order valence-electron chi connectivity index (χ1n) is 14.3. The van der Waals surface area contributed by atoms with Crippen molar-refractivity contribution in [2.24, 2.45) is 17.4 Å². The molecular weight excluding hydrogens is 542 g/mol. The van der Waals surface area contributed by atoms with Gasteiger partial charge in [-0.1, -0.05) is 91.0 Å². The number of rotatable bonds is 14. The van der Waals surface area contributed by atoms with Crippen LogP contribution in [-0.2, 0) is 32.1 Å². The van der Waals surface area contributed by atoms with E-state index < -0.39 is 29.7 Å². The number of carbonyl (C=O) groups is 4. The van der Waals surface area contributed by atoms with Crippen LogP contribution in [0, 0.1) is 5.92 Å². The molecule has 4 rings (SSSR count). The van der Waals surface area contributed by atoms with Crippen LogP contribution in [-0.4, -0.2) is 48.1 Å². The highest BCUT2D eigenvalue weighted by molar-refractivity contribution is 6.12. The van der Waals surface area contributed by atoms with Crippen LogP contribution in [0.5, 0.6) is 0 Å². The minimum Gasteiger partial charge on any atom is -0.460 e. The van der Waals surface area contributed by atoms with Gasteiger partial charge in [-0.25, -0.2) is 0 Å². The zero-order valence-electron chi connectivity index (χ0n) is 24.3. The van der Waals surface area contributed by atoms with E-state index in [-0.39, 0.29) is 38.2 Å². The van der Waals surface area contributed by atoms with Crippen LogP contribution in [0.3, 0.4) is 0 Å². The van der Waals surface area contributed by atoms with Crippen LogP contribution in [0.2, 0.25) is 0 Å². The molecule has 43 heavy (non-hydrogen) atoms. The van der Waals surface area contributed by atoms with Gasteiger partial charge in [0.15, 0.2) is 5.78 Å². The lowest BCUT2D eigenvalue weighted by Crippen LogP contribution is -2.40. The van der Waals surface area contributed by atoms with Crippen LogP contribution in [0.15, 0.2) is 97.1 Å². The third-order valence-corrected chi connectivity index (χ3v) is 7.45. The third-order valence-electron chi connectivity index (χ3n) is 7.45. The summed E-state index contributed by atoms with van der Waals surface area (Å²) in [5.74, 6) is -3.11. The van der Waals surface area contributed by atoms with Gasteiger partial charge in [0.05, 0.1) is 0 Å². The van der Waals surface area contributed by atoms with E-state index in [2.05, 4.69) is 0 Å². The zero-order valence-corrected chi connectivity index (χ0v) is 24.3. The normalized spacial score (nSPS) is 12.3. The maximum atomic E-state index is 14.3. The number of carbonyl (C=O) groups excluding carboxylic acids is 4. The second-order valence-electron chi connectivity index (χ2n) is 10.7. The Morgan fingerprint density at radius 1 is 0.791 bits per heavy atom. The summed E-state index contributed by atoms with van der Waals surface area (Å²) in [5, 5.41) is 1.85. The number of nitrogens with zero attached hydrogens (tertiary/aromatic N) is 1. The summed E-state index contributed by atoms with van der Waals surface area (Å²) in [6.07, 6.45) is 0.541. The summed E-state index contributed by atoms with van der Waals surface area (Å²) >= 11 is 0. The molecule has 8 nitrogen and oxygen atoms in total. The minimum absolute atomic E-state index is 0.0256. The molecule has 0 fully saturated rings. The van der Waals surface area contributed by atoms with Crippen molar-refractivity contribution in [1.82, 2.24) is 4.90 Å². The predicted octanol–water partition coefficient (Wildman–Crippen LogP) is 4.41. The van der Waals surface area contributed by atoms with E-state index in [1.54, 1.807) is 0 Å². The SMILES string of the molecule is CN(CCC(N)=O)C(=O)[C@@H](CCC(N)C(=O)OCc1ccccc1)C(=O)c1cc2ccccc2cc1Cc1ccccc1. The van der Waals surface area contributed by atoms with Gasteiger partial charge in [0.1, 0.15) is 18.6 Å². The Balaban J connectivity index is 1.60. The number of Topliss-reactive ketones (excluding diaryl/α,β-unsaturated/α-hetero) is 1. The van der Waals surface area contributed by atoms with Gasteiger partial charge < -0.3 is 21.1 Å². The molecule has 4 aromatic rings. The van der Waals surface area contributed by atoms with E-state index in [9.17, 15) is 19.2 Å². The fourth-order valence-corrected chi connectivity index (χ4v) is 4.99. The molecule has 0 heterocycles. The van der Waals surface area contributed by atoms with E-state index in [4.69, 9.17) is 16.2 Å². The summed E-state index contributed by atoms with van der Waals surface area (Å²) in [6, 6.07) is 29.6. The fraction of sp³-hybridized carbons (Fsp3) is 0.257. The summed E-state index contributed by atoms with van der Waals surface area (Å²) in [6.45, 7) is 0.141. The lowest BCUT2D eigenvalue weighted by molar-refractivity contribution is -0.147. The second kappa shape index (κ2) is 14.9. The number of amides is 2. The Kier molecular flexibility index (Phi) is 10.8. The molecule has 222 valence electrons. The molecule has 2 amide bonds. The Labute approximate surface area is 251 Å². The highest BCUT2D eigenvalue weighted by Crippen LogP contribution is 2.27. The van der Waals surface area contributed by atoms with Crippen molar-refractivity contribution in [1.29, 1.82) is 0 Å². The van der Waals surface area contributed by atoms with Crippen LogP contribution in [0.4, 0.5) is 0 Å². The Morgan fingerprint density at radius 2 is 1.37 bits per heavy atom. The molecule has 8 heteroatoms. The summed E-state index contributed by atoms with van der Waals surface area (Å²) in [5.41, 5.74) is 14.6. The number of ketones is 1. The van der Waals surface area contributed by atoms with Gasteiger partial charge in [0.2, 0.25) is 11.8 Å². The molecule has 0 saturated carbocycles. The smallest absolute Gasteiger partial charge is 0.323 e. The highest BCUT2D eigenvalue weighted by Gasteiger charge is 2.33. The molecule has 0 saturated heterocycles. The zero-order chi connectivity index (χ0) is 30.8. The maximum absolute atomic E-state index is 14.3. The first kappa shape index (κ1) is 31.1. The minimum atomic E-state index is -1.12. The van der Waals surface area contributed by atoms with Crippen molar-refractivity contribution in [2.75, 3.05) is 13.6 Å². The molecule has 0 spiro atoms. The monoisotopic (exact) mass is 579 g/mol. The number of primary amides is 1. The molecular formula is C35H37N3O5. The number of hydrogen-bond donors (Lipinski definition) is 2. The fourth-order valence-electron chi connectivity index (χ4n) is 4.99. The van der Waals surface area contributed by atoms with Gasteiger partial charge in [0.25, 0.3) is 0 Å². The summed E-state index contributed by atoms with van der Waals surface area (Å²) in [7, 11) is 1.53. The van der Waals surface area contributed by atoms with Gasteiger partial charge in [-0.2, -0.15) is 0 Å². The number of ether oxygens (including phenoxy) is 1. The Bertz CT molecular complexity index is 1570. The van der Waals surface area contributed by atoms with E-state index in [1.807, 2.05) is 97.1 Å². The molecule has 0 bridgehead atoms. The number of hydrogen-bond acceptors (Lipinski definition) is 6. The molecule has 0 aliphatic carbocycles. The quantitative estimate of drug-likeness (QED) is 0.129. The number of fused-ring (bicyclic) bond motifs is 1. The van der Waals surface area contributed by atoms with Crippen molar-refractivity contribution in [3.8, 4) is 0 Å². The predicted molar refractivity (Wildman–Crippen MR) is 166 cm³/mol. The first-order chi connectivity index (χ1) is 20.7. The molecule has 4 N–H and O–H groups in total. The average Bonchev–Trinajstić information content (AvgIpc) is 3.02. The van der Waals surface area contributed by atoms with Crippen molar-refractivity contribution in [2.45, 2.75) is 38.3 Å². The van der Waals surface area contributed by atoms with Crippen molar-refractivity contribution in [3.05, 3.63) is 119 Å². The van der Waals surface area contributed by atoms with Crippen LogP contribution in [0.25, 0.3) is 10.8 Å². The van der Waals surface area contributed by atoms with Gasteiger partial charge in [-0.15, -0.1) is 0 Å². The molecule has 0 aliphatic heterocycles. The highest BCUT2D eigenvalue weighted by atomic mass is 16.5. The first-order valence-corrected chi connectivity index (χ1v) is 14.3. The number of esters is 1. The molecule has 4 aromatic carbocycles. The summed E-state index contributed by atoms with van der Waals surface area (Å²) < 4.78 is 5.38. The lowest BCUT2D eigenvalue weighted by Gasteiger charge is -2.24. The van der Waals surface area contributed by atoms with E-state index in [0.29, 0.717) is 12.0 Å². The van der Waals surface area contributed by atoms with E-state index in [1.165, 1.54) is 11.9 Å². The third kappa shape index (κ3) is 8.59. The van der Waals surface area contributed by atoms with Crippen LogP contribution < -0.4 is 11.5 Å². The maximum Gasteiger partial charge on any atom is 0.323 e. The summed E-state index contributed by atoms with van der Waals surface area (Å²) in [4.78, 5) is 53.4. The van der Waals surface area contributed by atoms with Crippen molar-refractivity contribution >= 4 is 34.3 Å². The Hall–Kier alpha value is -4.82. The van der Waals surface area contributed by atoms with Crippen LogP contribution >= 0.6 is 0 Å². The molecule has 2 atom stereocenters.